The third-order valence-corrected chi connectivity index (χ3v) is 2.33. The van der Waals surface area contributed by atoms with Gasteiger partial charge in [-0.2, -0.15) is 0 Å². The summed E-state index contributed by atoms with van der Waals surface area (Å²) in [5, 5.41) is 10.2. The van der Waals surface area contributed by atoms with E-state index in [0.29, 0.717) is 17.0 Å². The fourth-order valence-corrected chi connectivity index (χ4v) is 1.45. The predicted octanol–water partition coefficient (Wildman–Crippen LogP) is 2.56. The zero-order valence-electron chi connectivity index (χ0n) is 8.29. The number of methoxy groups -OCH3 is 1. The van der Waals surface area contributed by atoms with Crippen LogP contribution < -0.4 is 0 Å². The number of aromatic hydroxyl groups is 1. The molecule has 0 aliphatic carbocycles. The molecule has 0 bridgehead atoms. The molecule has 1 rings (SSSR count). The van der Waals surface area contributed by atoms with Crippen molar-refractivity contribution in [3.63, 3.8) is 0 Å². The van der Waals surface area contributed by atoms with Crippen molar-refractivity contribution in [1.82, 2.24) is 0 Å². The highest BCUT2D eigenvalue weighted by Gasteiger charge is 2.16. The number of carbonyl (C=O) groups excluding carboxylic acids is 1. The average Bonchev–Trinajstić information content (AvgIpc) is 2.23. The number of benzene rings is 1. The number of phenolic OH excluding ortho intramolecular Hbond substituents is 1. The molecular formula is C11H11ClO3. The van der Waals surface area contributed by atoms with Crippen LogP contribution in [0.3, 0.4) is 0 Å². The van der Waals surface area contributed by atoms with E-state index in [9.17, 15) is 9.90 Å². The van der Waals surface area contributed by atoms with Crippen LogP contribution in [0.5, 0.6) is 5.75 Å². The van der Waals surface area contributed by atoms with Gasteiger partial charge in [-0.15, -0.1) is 6.58 Å². The van der Waals surface area contributed by atoms with Crippen LogP contribution in [0.2, 0.25) is 5.02 Å². The second-order valence-corrected chi connectivity index (χ2v) is 3.31. The van der Waals surface area contributed by atoms with Gasteiger partial charge >= 0.3 is 5.97 Å². The van der Waals surface area contributed by atoms with Crippen molar-refractivity contribution in [3.8, 4) is 5.75 Å². The summed E-state index contributed by atoms with van der Waals surface area (Å²) < 4.78 is 4.52. The van der Waals surface area contributed by atoms with Gasteiger partial charge in [0, 0.05) is 10.6 Å². The molecule has 0 atom stereocenters. The van der Waals surface area contributed by atoms with Crippen LogP contribution in [0.15, 0.2) is 24.8 Å². The maximum Gasteiger partial charge on any atom is 0.341 e. The largest absolute Gasteiger partial charge is 0.507 e. The summed E-state index contributed by atoms with van der Waals surface area (Å²) in [6.45, 7) is 3.55. The molecule has 1 aromatic rings. The van der Waals surface area contributed by atoms with E-state index in [-0.39, 0.29) is 11.3 Å². The summed E-state index contributed by atoms with van der Waals surface area (Å²) in [6.07, 6.45) is 2.00. The molecule has 0 radical (unpaired) electrons. The number of hydrogen-bond acceptors (Lipinski definition) is 3. The first-order valence-electron chi connectivity index (χ1n) is 4.31. The molecule has 0 aliphatic rings. The molecule has 0 spiro atoms. The van der Waals surface area contributed by atoms with Crippen molar-refractivity contribution in [2.45, 2.75) is 6.42 Å². The Labute approximate surface area is 92.9 Å². The molecule has 1 N–H and O–H groups in total. The van der Waals surface area contributed by atoms with Crippen LogP contribution in [-0.4, -0.2) is 18.2 Å². The van der Waals surface area contributed by atoms with Gasteiger partial charge in [-0.1, -0.05) is 17.7 Å². The lowest BCUT2D eigenvalue weighted by molar-refractivity contribution is 0.0597. The van der Waals surface area contributed by atoms with Gasteiger partial charge in [0.05, 0.1) is 7.11 Å². The van der Waals surface area contributed by atoms with Crippen molar-refractivity contribution in [3.05, 3.63) is 40.9 Å². The Morgan fingerprint density at radius 2 is 2.33 bits per heavy atom. The van der Waals surface area contributed by atoms with Gasteiger partial charge in [-0.25, -0.2) is 4.79 Å². The standard InChI is InChI=1S/C11H11ClO3/c1-3-4-7-9(12)6-5-8(10(7)13)11(14)15-2/h3,5-6,13H,1,4H2,2H3. The third-order valence-electron chi connectivity index (χ3n) is 1.98. The highest BCUT2D eigenvalue weighted by Crippen LogP contribution is 2.30. The molecule has 4 heteroatoms. The van der Waals surface area contributed by atoms with Crippen molar-refractivity contribution >= 4 is 17.6 Å². The van der Waals surface area contributed by atoms with E-state index in [1.165, 1.54) is 13.2 Å². The Morgan fingerprint density at radius 1 is 1.67 bits per heavy atom. The lowest BCUT2D eigenvalue weighted by atomic mass is 10.1. The van der Waals surface area contributed by atoms with Gasteiger partial charge in [0.1, 0.15) is 11.3 Å². The molecule has 0 unspecified atom stereocenters. The summed E-state index contributed by atoms with van der Waals surface area (Å²) in [5.41, 5.74) is 0.591. The minimum absolute atomic E-state index is 0.110. The summed E-state index contributed by atoms with van der Waals surface area (Å²) >= 11 is 5.87. The quantitative estimate of drug-likeness (QED) is 0.637. The summed E-state index contributed by atoms with van der Waals surface area (Å²) in [6, 6.07) is 2.97. The van der Waals surface area contributed by atoms with Crippen LogP contribution in [0, 0.1) is 0 Å². The van der Waals surface area contributed by atoms with Crippen molar-refractivity contribution in [2.75, 3.05) is 7.11 Å². The van der Waals surface area contributed by atoms with E-state index >= 15 is 0 Å². The molecular weight excluding hydrogens is 216 g/mol. The second-order valence-electron chi connectivity index (χ2n) is 2.91. The SMILES string of the molecule is C=CCc1c(Cl)ccc(C(=O)OC)c1O. The molecule has 0 aliphatic heterocycles. The molecule has 1 aromatic carbocycles. The maximum absolute atomic E-state index is 11.3. The number of ether oxygens (including phenoxy) is 1. The van der Waals surface area contributed by atoms with E-state index in [1.807, 2.05) is 0 Å². The second kappa shape index (κ2) is 4.84. The number of carbonyl (C=O) groups is 1. The predicted molar refractivity (Wildman–Crippen MR) is 58.4 cm³/mol. The smallest absolute Gasteiger partial charge is 0.341 e. The Bertz CT molecular complexity index is 399. The van der Waals surface area contributed by atoms with Crippen LogP contribution in [0.4, 0.5) is 0 Å². The molecule has 15 heavy (non-hydrogen) atoms. The first kappa shape index (κ1) is 11.6. The van der Waals surface area contributed by atoms with Crippen LogP contribution in [0.1, 0.15) is 15.9 Å². The summed E-state index contributed by atoms with van der Waals surface area (Å²) in [4.78, 5) is 11.3. The first-order valence-corrected chi connectivity index (χ1v) is 4.69. The molecule has 0 amide bonds. The maximum atomic E-state index is 11.3. The molecule has 80 valence electrons. The van der Waals surface area contributed by atoms with E-state index in [0.717, 1.165) is 0 Å². The topological polar surface area (TPSA) is 46.5 Å². The van der Waals surface area contributed by atoms with Crippen LogP contribution in [-0.2, 0) is 11.2 Å². The number of rotatable bonds is 3. The first-order chi connectivity index (χ1) is 7.11. The fourth-order valence-electron chi connectivity index (χ4n) is 1.22. The molecule has 0 aromatic heterocycles. The number of hydrogen-bond donors (Lipinski definition) is 1. The number of esters is 1. The van der Waals surface area contributed by atoms with Gasteiger partial charge in [0.25, 0.3) is 0 Å². The Balaban J connectivity index is 3.27. The van der Waals surface area contributed by atoms with E-state index in [4.69, 9.17) is 11.6 Å². The van der Waals surface area contributed by atoms with Crippen LogP contribution >= 0.6 is 11.6 Å². The molecule has 0 saturated heterocycles. The lowest BCUT2D eigenvalue weighted by Crippen LogP contribution is -2.03. The van der Waals surface area contributed by atoms with E-state index in [2.05, 4.69) is 11.3 Å². The number of allylic oxidation sites excluding steroid dienone is 1. The van der Waals surface area contributed by atoms with Gasteiger partial charge in [-0.05, 0) is 18.6 Å². The van der Waals surface area contributed by atoms with Crippen molar-refractivity contribution < 1.29 is 14.6 Å². The van der Waals surface area contributed by atoms with Gasteiger partial charge in [-0.3, -0.25) is 0 Å². The highest BCUT2D eigenvalue weighted by atomic mass is 35.5. The fraction of sp³-hybridized carbons (Fsp3) is 0.182. The number of halogens is 1. The van der Waals surface area contributed by atoms with Gasteiger partial charge in [0.2, 0.25) is 0 Å². The van der Waals surface area contributed by atoms with Gasteiger partial charge < -0.3 is 9.84 Å². The normalized spacial score (nSPS) is 9.73. The van der Waals surface area contributed by atoms with Crippen molar-refractivity contribution in [1.29, 1.82) is 0 Å². The minimum atomic E-state index is -0.588. The Hall–Kier alpha value is -1.48. The molecule has 0 saturated carbocycles. The third kappa shape index (κ3) is 2.30. The van der Waals surface area contributed by atoms with Crippen LogP contribution in [0.25, 0.3) is 0 Å². The van der Waals surface area contributed by atoms with E-state index in [1.54, 1.807) is 12.1 Å². The lowest BCUT2D eigenvalue weighted by Gasteiger charge is -2.08. The Morgan fingerprint density at radius 3 is 2.87 bits per heavy atom. The monoisotopic (exact) mass is 226 g/mol. The van der Waals surface area contributed by atoms with Crippen molar-refractivity contribution in [2.24, 2.45) is 0 Å². The zero-order valence-corrected chi connectivity index (χ0v) is 9.04. The number of phenols is 1. The summed E-state index contributed by atoms with van der Waals surface area (Å²) in [5.74, 6) is -0.733. The van der Waals surface area contributed by atoms with Gasteiger partial charge in [0.15, 0.2) is 0 Å². The molecule has 3 nitrogen and oxygen atoms in total. The zero-order chi connectivity index (χ0) is 11.4. The summed E-state index contributed by atoms with van der Waals surface area (Å²) in [7, 11) is 1.25. The Kier molecular flexibility index (Phi) is 3.74. The van der Waals surface area contributed by atoms with E-state index < -0.39 is 5.97 Å². The average molecular weight is 227 g/mol. The highest BCUT2D eigenvalue weighted by molar-refractivity contribution is 6.31. The molecule has 0 heterocycles. The molecule has 0 fully saturated rings. The minimum Gasteiger partial charge on any atom is -0.507 e.